The van der Waals surface area contributed by atoms with E-state index in [2.05, 4.69) is 144 Å². The highest BCUT2D eigenvalue weighted by atomic mass is 31.2. The summed E-state index contributed by atoms with van der Waals surface area (Å²) in [5, 5.41) is 10.8. The summed E-state index contributed by atoms with van der Waals surface area (Å²) in [5.41, 5.74) is 8.68. The van der Waals surface area contributed by atoms with E-state index in [9.17, 15) is 0 Å². The summed E-state index contributed by atoms with van der Waals surface area (Å²) in [6.07, 6.45) is 0. The fraction of sp³-hybridized carbons (Fsp3) is 0. The van der Waals surface area contributed by atoms with Crippen molar-refractivity contribution in [1.82, 2.24) is 9.38 Å². The lowest BCUT2D eigenvalue weighted by molar-refractivity contribution is 0.592. The van der Waals surface area contributed by atoms with Crippen LogP contribution in [-0.4, -0.2) is 9.38 Å². The molecule has 55 heavy (non-hydrogen) atoms. The van der Waals surface area contributed by atoms with Crippen LogP contribution in [0, 0.1) is 0 Å². The van der Waals surface area contributed by atoms with Gasteiger partial charge in [0.25, 0.3) is 0 Å². The van der Waals surface area contributed by atoms with Gasteiger partial charge in [-0.3, -0.25) is 4.40 Å². The predicted molar refractivity (Wildman–Crippen MR) is 233 cm³/mol. The van der Waals surface area contributed by atoms with E-state index < -0.39 is 7.14 Å². The van der Waals surface area contributed by atoms with Gasteiger partial charge >= 0.3 is 0 Å². The van der Waals surface area contributed by atoms with Gasteiger partial charge in [-0.25, -0.2) is 4.98 Å². The van der Waals surface area contributed by atoms with Gasteiger partial charge in [0.2, 0.25) is 0 Å². The number of benzene rings is 9. The van der Waals surface area contributed by atoms with Gasteiger partial charge in [-0.05, 0) is 74.1 Å². The van der Waals surface area contributed by atoms with E-state index in [4.69, 9.17) is 4.98 Å². The Bertz CT molecular complexity index is 3330. The van der Waals surface area contributed by atoms with Gasteiger partial charge in [-0.1, -0.05) is 170 Å². The normalized spacial score (nSPS) is 12.9. The van der Waals surface area contributed by atoms with Crippen LogP contribution in [0.25, 0.3) is 82.2 Å². The van der Waals surface area contributed by atoms with E-state index in [1.54, 1.807) is 0 Å². The topological polar surface area (TPSA) is 34.4 Å². The summed E-state index contributed by atoms with van der Waals surface area (Å²) >= 11 is 0. The molecule has 0 saturated heterocycles. The summed E-state index contributed by atoms with van der Waals surface area (Å²) < 4.78 is 17.6. The quantitative estimate of drug-likeness (QED) is 0.131. The Labute approximate surface area is 318 Å². The second kappa shape index (κ2) is 12.4. The summed E-state index contributed by atoms with van der Waals surface area (Å²) in [6, 6.07) is 69.7. The molecule has 0 saturated carbocycles. The molecule has 0 aliphatic heterocycles. The first-order valence-corrected chi connectivity index (χ1v) is 20.4. The maximum atomic E-state index is 15.3. The maximum Gasteiger partial charge on any atom is 0.171 e. The monoisotopic (exact) mass is 720 g/mol. The second-order valence-corrected chi connectivity index (χ2v) is 17.1. The van der Waals surface area contributed by atoms with Crippen molar-refractivity contribution in [3.05, 3.63) is 200 Å². The molecule has 0 N–H and O–H groups in total. The molecule has 0 spiro atoms. The molecule has 0 aliphatic carbocycles. The third-order valence-electron chi connectivity index (χ3n) is 11.2. The van der Waals surface area contributed by atoms with Crippen molar-refractivity contribution >= 4 is 83.0 Å². The van der Waals surface area contributed by atoms with E-state index in [1.165, 1.54) is 21.5 Å². The van der Waals surface area contributed by atoms with Gasteiger partial charge in [0.05, 0.1) is 16.6 Å². The maximum absolute atomic E-state index is 15.3. The lowest BCUT2D eigenvalue weighted by atomic mass is 9.96. The molecule has 0 amide bonds. The minimum atomic E-state index is -3.12. The zero-order chi connectivity index (χ0) is 36.5. The molecule has 11 aromatic rings. The van der Waals surface area contributed by atoms with Gasteiger partial charge in [-0.2, -0.15) is 0 Å². The highest BCUT2D eigenvalue weighted by molar-refractivity contribution is 7.85. The lowest BCUT2D eigenvalue weighted by Gasteiger charge is -2.21. The number of hydrogen-bond donors (Lipinski definition) is 0. The number of hydrogen-bond acceptors (Lipinski definition) is 2. The van der Waals surface area contributed by atoms with E-state index in [0.717, 1.165) is 76.5 Å². The van der Waals surface area contributed by atoms with E-state index in [-0.39, 0.29) is 0 Å². The van der Waals surface area contributed by atoms with E-state index in [1.807, 2.05) is 60.7 Å². The Balaban J connectivity index is 0.995. The molecule has 2 aromatic heterocycles. The predicted octanol–water partition coefficient (Wildman–Crippen LogP) is 12.1. The molecule has 0 radical (unpaired) electrons. The molecular weight excluding hydrogens is 688 g/mol. The largest absolute Gasteiger partial charge is 0.309 e. The van der Waals surface area contributed by atoms with Crippen molar-refractivity contribution in [3.63, 3.8) is 0 Å². The van der Waals surface area contributed by atoms with E-state index >= 15 is 4.57 Å². The first kappa shape index (κ1) is 31.7. The molecule has 0 aliphatic rings. The van der Waals surface area contributed by atoms with Crippen LogP contribution in [0.5, 0.6) is 0 Å². The van der Waals surface area contributed by atoms with Crippen LogP contribution in [0.4, 0.5) is 0 Å². The molecular formula is C51H33N2OP. The highest BCUT2D eigenvalue weighted by Gasteiger charge is 2.30. The molecule has 9 aromatic carbocycles. The van der Waals surface area contributed by atoms with Gasteiger partial charge in [-0.15, -0.1) is 0 Å². The Hall–Kier alpha value is -6.80. The number of para-hydroxylation sites is 2. The van der Waals surface area contributed by atoms with Crippen LogP contribution < -0.4 is 15.9 Å². The van der Waals surface area contributed by atoms with Gasteiger partial charge in [0.15, 0.2) is 7.14 Å². The molecule has 1 unspecified atom stereocenters. The number of imidazole rings is 1. The summed E-state index contributed by atoms with van der Waals surface area (Å²) in [4.78, 5) is 5.16. The minimum absolute atomic E-state index is 0.823. The molecule has 2 heterocycles. The highest BCUT2D eigenvalue weighted by Crippen LogP contribution is 2.44. The fourth-order valence-corrected chi connectivity index (χ4v) is 11.1. The zero-order valence-corrected chi connectivity index (χ0v) is 30.7. The summed E-state index contributed by atoms with van der Waals surface area (Å²) in [6.45, 7) is 0. The minimum Gasteiger partial charge on any atom is -0.309 e. The lowest BCUT2D eigenvalue weighted by Crippen LogP contribution is -2.25. The molecule has 3 nitrogen and oxygen atoms in total. The number of nitrogens with zero attached hydrogens (tertiary/aromatic N) is 2. The second-order valence-electron chi connectivity index (χ2n) is 14.3. The smallest absolute Gasteiger partial charge is 0.171 e. The van der Waals surface area contributed by atoms with Crippen LogP contribution in [0.3, 0.4) is 0 Å². The summed E-state index contributed by atoms with van der Waals surface area (Å²) in [5.74, 6) is 0. The van der Waals surface area contributed by atoms with Crippen molar-refractivity contribution < 1.29 is 4.57 Å². The van der Waals surface area contributed by atoms with Crippen LogP contribution in [0.1, 0.15) is 0 Å². The molecule has 0 fully saturated rings. The average Bonchev–Trinajstić information content (AvgIpc) is 3.66. The Morgan fingerprint density at radius 2 is 0.945 bits per heavy atom. The van der Waals surface area contributed by atoms with Crippen molar-refractivity contribution in [1.29, 1.82) is 0 Å². The first-order valence-electron chi connectivity index (χ1n) is 18.6. The molecule has 1 atom stereocenters. The first-order chi connectivity index (χ1) is 27.1. The van der Waals surface area contributed by atoms with E-state index in [0.29, 0.717) is 0 Å². The van der Waals surface area contributed by atoms with Crippen molar-refractivity contribution in [2.24, 2.45) is 0 Å². The SMILES string of the molecule is O=P(c1ccccc1)(c1ccc(-c2ccc(-c3ccc4c5c6ccccc6ccc5c5nc6ccccc6n5c4c3)cc2)cc1)c1ccc2ccccc2c1. The van der Waals surface area contributed by atoms with Crippen molar-refractivity contribution in [2.75, 3.05) is 0 Å². The van der Waals surface area contributed by atoms with Crippen LogP contribution in [0.15, 0.2) is 200 Å². The van der Waals surface area contributed by atoms with Gasteiger partial charge in [0, 0.05) is 32.1 Å². The van der Waals surface area contributed by atoms with Crippen LogP contribution in [0.2, 0.25) is 0 Å². The number of aromatic nitrogens is 2. The van der Waals surface area contributed by atoms with Crippen LogP contribution >= 0.6 is 7.14 Å². The van der Waals surface area contributed by atoms with Crippen LogP contribution in [-0.2, 0) is 4.57 Å². The molecule has 258 valence electrons. The van der Waals surface area contributed by atoms with Crippen molar-refractivity contribution in [3.8, 4) is 22.3 Å². The standard InChI is InChI=1S/C51H33N2OP/c54-55(41-13-2-1-3-14-41,43-29-24-34-10-4-5-12-39(34)32-43)42-27-22-36(23-28-42)35-18-20-37(21-19-35)40-26-30-45-49(33-40)53-48-17-9-8-16-47(48)52-51(53)46-31-25-38-11-6-7-15-44(38)50(45)46/h1-33H. The zero-order valence-electron chi connectivity index (χ0n) is 29.8. The average molecular weight is 721 g/mol. The molecule has 4 heteroatoms. The van der Waals surface area contributed by atoms with Crippen molar-refractivity contribution in [2.45, 2.75) is 0 Å². The molecule has 0 bridgehead atoms. The Morgan fingerprint density at radius 1 is 0.382 bits per heavy atom. The molecule has 11 rings (SSSR count). The number of pyridine rings is 1. The third-order valence-corrected chi connectivity index (χ3v) is 14.3. The van der Waals surface area contributed by atoms with Gasteiger partial charge < -0.3 is 4.57 Å². The summed E-state index contributed by atoms with van der Waals surface area (Å²) in [7, 11) is -3.12. The van der Waals surface area contributed by atoms with Gasteiger partial charge in [0.1, 0.15) is 5.65 Å². The Kier molecular flexibility index (Phi) is 7.14. The Morgan fingerprint density at radius 3 is 1.75 bits per heavy atom. The number of rotatable bonds is 5. The fourth-order valence-electron chi connectivity index (χ4n) is 8.48. The third kappa shape index (κ3) is 4.98. The number of fused-ring (bicyclic) bond motifs is 11.